The number of carbonyl (C=O) groups is 1. The molecule has 3 nitrogen and oxygen atoms in total. The summed E-state index contributed by atoms with van der Waals surface area (Å²) in [6.07, 6.45) is 3.22. The second-order valence-corrected chi connectivity index (χ2v) is 3.58. The normalized spacial score (nSPS) is 23.2. The fourth-order valence-electron chi connectivity index (χ4n) is 1.26. The van der Waals surface area contributed by atoms with Crippen molar-refractivity contribution in [2.75, 3.05) is 33.7 Å². The number of rotatable bonds is 0. The first-order valence-electron chi connectivity index (χ1n) is 4.62. The molecule has 2 aliphatic rings. The van der Waals surface area contributed by atoms with Crippen molar-refractivity contribution in [2.24, 2.45) is 0 Å². The molecule has 2 fully saturated rings. The van der Waals surface area contributed by atoms with Crippen LogP contribution in [0.5, 0.6) is 0 Å². The molecule has 0 unspecified atom stereocenters. The quantitative estimate of drug-likeness (QED) is 0.530. The number of amides is 1. The number of hydrogen-bond acceptors (Lipinski definition) is 2. The average molecular weight is 170 g/mol. The van der Waals surface area contributed by atoms with Gasteiger partial charge < -0.3 is 9.80 Å². The molecular formula is C9H18N2O. The van der Waals surface area contributed by atoms with Crippen LogP contribution in [-0.4, -0.2) is 49.4 Å². The van der Waals surface area contributed by atoms with Crippen LogP contribution in [0.2, 0.25) is 0 Å². The van der Waals surface area contributed by atoms with Crippen LogP contribution in [0.4, 0.5) is 0 Å². The standard InChI is InChI=1S/C5H9NO.C4H9N/c1-6-4-2-3-5(6)7;1-5-3-2-4-5/h2-4H2,1H3;2-4H2,1H3. The van der Waals surface area contributed by atoms with Crippen molar-refractivity contribution in [1.29, 1.82) is 0 Å². The average Bonchev–Trinajstić information content (AvgIpc) is 2.34. The van der Waals surface area contributed by atoms with Gasteiger partial charge in [0.25, 0.3) is 0 Å². The van der Waals surface area contributed by atoms with Crippen LogP contribution in [0.25, 0.3) is 0 Å². The van der Waals surface area contributed by atoms with Gasteiger partial charge in [-0.2, -0.15) is 0 Å². The molecule has 0 aromatic carbocycles. The lowest BCUT2D eigenvalue weighted by Gasteiger charge is -2.24. The molecule has 0 aromatic rings. The van der Waals surface area contributed by atoms with Crippen molar-refractivity contribution in [3.63, 3.8) is 0 Å². The Bertz CT molecular complexity index is 155. The molecular weight excluding hydrogens is 152 g/mol. The Morgan fingerprint density at radius 2 is 1.67 bits per heavy atom. The summed E-state index contributed by atoms with van der Waals surface area (Å²) >= 11 is 0. The maximum atomic E-state index is 10.5. The molecule has 12 heavy (non-hydrogen) atoms. The Balaban J connectivity index is 0.000000127. The second-order valence-electron chi connectivity index (χ2n) is 3.58. The van der Waals surface area contributed by atoms with E-state index in [0.717, 1.165) is 19.4 Å². The van der Waals surface area contributed by atoms with Gasteiger partial charge in [-0.1, -0.05) is 0 Å². The van der Waals surface area contributed by atoms with E-state index < -0.39 is 0 Å². The van der Waals surface area contributed by atoms with Gasteiger partial charge in [-0.15, -0.1) is 0 Å². The van der Waals surface area contributed by atoms with Crippen molar-refractivity contribution in [1.82, 2.24) is 9.80 Å². The maximum Gasteiger partial charge on any atom is 0.222 e. The molecule has 0 atom stereocenters. The van der Waals surface area contributed by atoms with Gasteiger partial charge in [0.05, 0.1) is 0 Å². The minimum absolute atomic E-state index is 0.292. The predicted molar refractivity (Wildman–Crippen MR) is 49.0 cm³/mol. The minimum Gasteiger partial charge on any atom is -0.346 e. The van der Waals surface area contributed by atoms with Gasteiger partial charge in [0.1, 0.15) is 0 Å². The van der Waals surface area contributed by atoms with Crippen molar-refractivity contribution in [3.8, 4) is 0 Å². The smallest absolute Gasteiger partial charge is 0.222 e. The lowest BCUT2D eigenvalue weighted by molar-refractivity contribution is -0.126. The molecule has 0 spiro atoms. The van der Waals surface area contributed by atoms with Crippen LogP contribution >= 0.6 is 0 Å². The minimum atomic E-state index is 0.292. The van der Waals surface area contributed by atoms with E-state index in [9.17, 15) is 4.79 Å². The number of carbonyl (C=O) groups excluding carboxylic acids is 1. The van der Waals surface area contributed by atoms with Crippen molar-refractivity contribution >= 4 is 5.91 Å². The van der Waals surface area contributed by atoms with E-state index in [-0.39, 0.29) is 0 Å². The molecule has 0 bridgehead atoms. The number of nitrogens with zero attached hydrogens (tertiary/aromatic N) is 2. The molecule has 70 valence electrons. The highest BCUT2D eigenvalue weighted by Gasteiger charge is 2.14. The molecule has 0 aromatic heterocycles. The Labute approximate surface area is 74.3 Å². The zero-order chi connectivity index (χ0) is 8.97. The van der Waals surface area contributed by atoms with Gasteiger partial charge in [-0.25, -0.2) is 0 Å². The Morgan fingerprint density at radius 1 is 1.08 bits per heavy atom. The van der Waals surface area contributed by atoms with Crippen molar-refractivity contribution in [3.05, 3.63) is 0 Å². The topological polar surface area (TPSA) is 23.6 Å². The second kappa shape index (κ2) is 4.45. The fraction of sp³-hybridized carbons (Fsp3) is 0.889. The van der Waals surface area contributed by atoms with Crippen LogP contribution < -0.4 is 0 Å². The SMILES string of the molecule is CN1CCC1.CN1CCCC1=O. The third-order valence-corrected chi connectivity index (χ3v) is 2.39. The Morgan fingerprint density at radius 3 is 1.75 bits per heavy atom. The van der Waals surface area contributed by atoms with E-state index in [0.29, 0.717) is 5.91 Å². The van der Waals surface area contributed by atoms with Crippen molar-refractivity contribution in [2.45, 2.75) is 19.3 Å². The van der Waals surface area contributed by atoms with Crippen LogP contribution in [0, 0.1) is 0 Å². The van der Waals surface area contributed by atoms with Gasteiger partial charge >= 0.3 is 0 Å². The summed E-state index contributed by atoms with van der Waals surface area (Å²) in [5.41, 5.74) is 0. The molecule has 0 radical (unpaired) electrons. The third-order valence-electron chi connectivity index (χ3n) is 2.39. The summed E-state index contributed by atoms with van der Waals surface area (Å²) in [5.74, 6) is 0.292. The molecule has 2 heterocycles. The van der Waals surface area contributed by atoms with E-state index in [1.165, 1.54) is 19.5 Å². The third kappa shape index (κ3) is 2.81. The van der Waals surface area contributed by atoms with E-state index in [4.69, 9.17) is 0 Å². The monoisotopic (exact) mass is 170 g/mol. The van der Waals surface area contributed by atoms with Crippen LogP contribution in [0.15, 0.2) is 0 Å². The van der Waals surface area contributed by atoms with Gasteiger partial charge in [0, 0.05) is 20.0 Å². The van der Waals surface area contributed by atoms with Gasteiger partial charge in [-0.3, -0.25) is 4.79 Å². The molecule has 2 saturated heterocycles. The van der Waals surface area contributed by atoms with Crippen LogP contribution in [-0.2, 0) is 4.79 Å². The summed E-state index contributed by atoms with van der Waals surface area (Å²) in [5, 5.41) is 0. The number of likely N-dealkylation sites (tertiary alicyclic amines) is 2. The van der Waals surface area contributed by atoms with E-state index >= 15 is 0 Å². The molecule has 0 saturated carbocycles. The molecule has 1 amide bonds. The Kier molecular flexibility index (Phi) is 3.53. The molecule has 0 aliphatic carbocycles. The summed E-state index contributed by atoms with van der Waals surface area (Å²) < 4.78 is 0. The van der Waals surface area contributed by atoms with E-state index in [1.807, 2.05) is 7.05 Å². The Hall–Kier alpha value is -0.570. The largest absolute Gasteiger partial charge is 0.346 e. The first kappa shape index (κ1) is 9.52. The van der Waals surface area contributed by atoms with Gasteiger partial charge in [-0.05, 0) is 33.0 Å². The van der Waals surface area contributed by atoms with E-state index in [1.54, 1.807) is 4.90 Å². The molecule has 0 N–H and O–H groups in total. The first-order chi connectivity index (χ1) is 5.70. The molecule has 2 aliphatic heterocycles. The summed E-state index contributed by atoms with van der Waals surface area (Å²) in [6, 6.07) is 0. The highest BCUT2D eigenvalue weighted by atomic mass is 16.2. The summed E-state index contributed by atoms with van der Waals surface area (Å²) in [7, 11) is 3.98. The summed E-state index contributed by atoms with van der Waals surface area (Å²) in [4.78, 5) is 14.6. The fourth-order valence-corrected chi connectivity index (χ4v) is 1.26. The van der Waals surface area contributed by atoms with Gasteiger partial charge in [0.2, 0.25) is 5.91 Å². The summed E-state index contributed by atoms with van der Waals surface area (Å²) in [6.45, 7) is 3.60. The number of hydrogen-bond donors (Lipinski definition) is 0. The molecule has 3 heteroatoms. The predicted octanol–water partition coefficient (Wildman–Crippen LogP) is 0.560. The van der Waals surface area contributed by atoms with Gasteiger partial charge in [0.15, 0.2) is 0 Å². The zero-order valence-corrected chi connectivity index (χ0v) is 8.05. The molecule has 2 rings (SSSR count). The van der Waals surface area contributed by atoms with Crippen LogP contribution in [0.1, 0.15) is 19.3 Å². The lowest BCUT2D eigenvalue weighted by atomic mass is 10.3. The zero-order valence-electron chi connectivity index (χ0n) is 8.05. The highest BCUT2D eigenvalue weighted by molar-refractivity contribution is 5.77. The van der Waals surface area contributed by atoms with Crippen LogP contribution in [0.3, 0.4) is 0 Å². The highest BCUT2D eigenvalue weighted by Crippen LogP contribution is 2.04. The van der Waals surface area contributed by atoms with E-state index in [2.05, 4.69) is 11.9 Å². The lowest BCUT2D eigenvalue weighted by Crippen LogP contribution is -2.32. The first-order valence-corrected chi connectivity index (χ1v) is 4.62. The maximum absolute atomic E-state index is 10.5. The van der Waals surface area contributed by atoms with Crippen molar-refractivity contribution < 1.29 is 4.79 Å².